The molecular formula is C33H33Cl2F4N5O6S. The van der Waals surface area contributed by atoms with Gasteiger partial charge in [-0.3, -0.25) is 19.5 Å². The molecule has 5 rings (SSSR count). The van der Waals surface area contributed by atoms with Crippen LogP contribution in [0.15, 0.2) is 59.8 Å². The van der Waals surface area contributed by atoms with Gasteiger partial charge in [-0.1, -0.05) is 35.3 Å². The van der Waals surface area contributed by atoms with Crippen molar-refractivity contribution in [2.45, 2.75) is 61.6 Å². The summed E-state index contributed by atoms with van der Waals surface area (Å²) in [5.74, 6) is -7.73. The highest BCUT2D eigenvalue weighted by molar-refractivity contribution is 7.89. The number of hydrogen-bond donors (Lipinski definition) is 2. The van der Waals surface area contributed by atoms with Gasteiger partial charge in [0, 0.05) is 49.6 Å². The minimum atomic E-state index is -4.74. The molecule has 274 valence electrons. The Morgan fingerprint density at radius 1 is 1.06 bits per heavy atom. The highest BCUT2D eigenvalue weighted by atomic mass is 35.5. The molecular weight excluding hydrogens is 741 g/mol. The fourth-order valence-corrected chi connectivity index (χ4v) is 8.37. The van der Waals surface area contributed by atoms with Gasteiger partial charge in [0.05, 0.1) is 33.7 Å². The third-order valence-electron chi connectivity index (χ3n) is 8.54. The van der Waals surface area contributed by atoms with Gasteiger partial charge in [0.2, 0.25) is 15.9 Å². The highest BCUT2D eigenvalue weighted by Gasteiger charge is 2.49. The molecule has 0 saturated carbocycles. The van der Waals surface area contributed by atoms with E-state index >= 15 is 0 Å². The molecule has 2 aliphatic rings. The number of carbonyl (C=O) groups is 3. The molecule has 0 radical (unpaired) electrons. The maximum absolute atomic E-state index is 14.4. The number of hydrogen-bond acceptors (Lipinski definition) is 8. The lowest BCUT2D eigenvalue weighted by molar-refractivity contribution is -0.147. The maximum atomic E-state index is 14.4. The molecule has 2 amide bonds. The molecule has 1 aromatic heterocycles. The first-order valence-electron chi connectivity index (χ1n) is 15.8. The van der Waals surface area contributed by atoms with Crippen LogP contribution in [0.5, 0.6) is 0 Å². The van der Waals surface area contributed by atoms with Crippen LogP contribution in [0.2, 0.25) is 10.0 Å². The molecule has 51 heavy (non-hydrogen) atoms. The number of piperidine rings is 1. The van der Waals surface area contributed by atoms with E-state index in [2.05, 4.69) is 15.6 Å². The van der Waals surface area contributed by atoms with Crippen molar-refractivity contribution in [1.29, 1.82) is 0 Å². The van der Waals surface area contributed by atoms with Crippen molar-refractivity contribution >= 4 is 56.7 Å². The first kappa shape index (κ1) is 38.4. The summed E-state index contributed by atoms with van der Waals surface area (Å²) >= 11 is 12.1. The average Bonchev–Trinajstić information content (AvgIpc) is 3.51. The Labute approximate surface area is 301 Å². The normalized spacial score (nSPS) is 20.1. The molecule has 18 heteroatoms. The molecule has 3 atom stereocenters. The number of pyridine rings is 1. The van der Waals surface area contributed by atoms with Gasteiger partial charge < -0.3 is 15.4 Å². The minimum absolute atomic E-state index is 0.0178. The summed E-state index contributed by atoms with van der Waals surface area (Å²) in [5, 5.41) is 5.29. The van der Waals surface area contributed by atoms with Gasteiger partial charge in [0.1, 0.15) is 23.7 Å². The number of sulfonamides is 1. The van der Waals surface area contributed by atoms with Gasteiger partial charge in [0.15, 0.2) is 0 Å². The third-order valence-corrected chi connectivity index (χ3v) is 11.0. The SMILES string of the molecule is CCOC(=O)[C@H](Cc1ccc(NC(=O)c2c(Cl)cncc2Cl)cc1)NC(=O)[C@@H]1C[C@@H](N2CCCC(F)(F)C2)CN1S(=O)(=O)c1cc(F)cc(F)c1. The van der Waals surface area contributed by atoms with E-state index in [0.29, 0.717) is 29.4 Å². The third kappa shape index (κ3) is 9.16. The number of anilines is 1. The number of rotatable bonds is 11. The smallest absolute Gasteiger partial charge is 0.328 e. The summed E-state index contributed by atoms with van der Waals surface area (Å²) in [5.41, 5.74) is 0.870. The lowest BCUT2D eigenvalue weighted by atomic mass is 10.0. The fraction of sp³-hybridized carbons (Fsp3) is 0.394. The standard InChI is InChI=1S/C33H33Cl2F4N5O6S/c1-2-50-32(47)27(10-19-4-6-22(7-5-19)41-31(46)29-25(34)15-40-16-26(29)35)42-30(45)28-14-23(43-9-3-8-33(38,39)18-43)17-44(28)51(48,49)24-12-20(36)11-21(37)13-24/h4-7,11-13,15-16,23,27-28H,2-3,8-10,14,17-18H2,1H3,(H,41,46)(H,42,45)/t23-,27+,28+/m1/s1. The Kier molecular flexibility index (Phi) is 11.9. The Bertz CT molecular complexity index is 1870. The monoisotopic (exact) mass is 773 g/mol. The van der Waals surface area contributed by atoms with Crippen molar-refractivity contribution in [3.05, 3.63) is 87.7 Å². The highest BCUT2D eigenvalue weighted by Crippen LogP contribution is 2.34. The molecule has 2 N–H and O–H groups in total. The van der Waals surface area contributed by atoms with E-state index in [-0.39, 0.29) is 54.4 Å². The topological polar surface area (TPSA) is 138 Å². The predicted octanol–water partition coefficient (Wildman–Crippen LogP) is 5.07. The lowest BCUT2D eigenvalue weighted by Gasteiger charge is -2.36. The van der Waals surface area contributed by atoms with Gasteiger partial charge in [-0.05, 0) is 56.1 Å². The summed E-state index contributed by atoms with van der Waals surface area (Å²) < 4.78 is 90.4. The largest absolute Gasteiger partial charge is 0.464 e. The van der Waals surface area contributed by atoms with Crippen molar-refractivity contribution < 1.29 is 45.1 Å². The summed E-state index contributed by atoms with van der Waals surface area (Å²) in [6.07, 6.45) is 1.98. The van der Waals surface area contributed by atoms with Crippen LogP contribution in [-0.4, -0.2) is 90.7 Å². The van der Waals surface area contributed by atoms with Crippen molar-refractivity contribution in [3.63, 3.8) is 0 Å². The van der Waals surface area contributed by atoms with Crippen LogP contribution in [0.4, 0.5) is 23.2 Å². The van der Waals surface area contributed by atoms with Crippen LogP contribution in [0.25, 0.3) is 0 Å². The van der Waals surface area contributed by atoms with Crippen LogP contribution in [-0.2, 0) is 30.8 Å². The van der Waals surface area contributed by atoms with E-state index in [1.54, 1.807) is 19.1 Å². The van der Waals surface area contributed by atoms with Crippen LogP contribution in [0, 0.1) is 11.6 Å². The van der Waals surface area contributed by atoms with Crippen LogP contribution >= 0.6 is 23.2 Å². The zero-order valence-electron chi connectivity index (χ0n) is 27.1. The average molecular weight is 775 g/mol. The molecule has 2 aromatic carbocycles. The maximum Gasteiger partial charge on any atom is 0.328 e. The van der Waals surface area contributed by atoms with Gasteiger partial charge in [-0.25, -0.2) is 30.8 Å². The molecule has 2 fully saturated rings. The summed E-state index contributed by atoms with van der Waals surface area (Å²) in [7, 11) is -4.74. The number of nitrogens with one attached hydrogen (secondary N) is 2. The first-order chi connectivity index (χ1) is 24.1. The molecule has 0 aliphatic carbocycles. The predicted molar refractivity (Wildman–Crippen MR) is 179 cm³/mol. The number of carbonyl (C=O) groups excluding carboxylic acids is 3. The first-order valence-corrected chi connectivity index (χ1v) is 18.0. The van der Waals surface area contributed by atoms with Crippen LogP contribution in [0.3, 0.4) is 0 Å². The molecule has 3 heterocycles. The number of ether oxygens (including phenoxy) is 1. The molecule has 3 aromatic rings. The summed E-state index contributed by atoms with van der Waals surface area (Å²) in [6, 6.07) is 4.20. The quantitative estimate of drug-likeness (QED) is 0.204. The number of halogens is 6. The van der Waals surface area contributed by atoms with Gasteiger partial charge in [-0.2, -0.15) is 4.31 Å². The Morgan fingerprint density at radius 3 is 2.31 bits per heavy atom. The second kappa shape index (κ2) is 15.8. The number of nitrogens with zero attached hydrogens (tertiary/aromatic N) is 3. The minimum Gasteiger partial charge on any atom is -0.464 e. The van der Waals surface area contributed by atoms with Crippen LogP contribution < -0.4 is 10.6 Å². The number of alkyl halides is 2. The van der Waals surface area contributed by atoms with Crippen molar-refractivity contribution in [2.75, 3.05) is 31.6 Å². The lowest BCUT2D eigenvalue weighted by Crippen LogP contribution is -2.51. The van der Waals surface area contributed by atoms with Crippen molar-refractivity contribution in [2.24, 2.45) is 0 Å². The zero-order valence-corrected chi connectivity index (χ0v) is 29.4. The van der Waals surface area contributed by atoms with Gasteiger partial charge >= 0.3 is 5.97 Å². The summed E-state index contributed by atoms with van der Waals surface area (Å²) in [4.78, 5) is 44.2. The number of amides is 2. The van der Waals surface area contributed by atoms with E-state index < -0.39 is 81.5 Å². The van der Waals surface area contributed by atoms with E-state index in [9.17, 15) is 40.4 Å². The Morgan fingerprint density at radius 2 is 1.71 bits per heavy atom. The second-order valence-electron chi connectivity index (χ2n) is 12.2. The molecule has 0 bridgehead atoms. The molecule has 2 saturated heterocycles. The van der Waals surface area contributed by atoms with E-state index in [4.69, 9.17) is 27.9 Å². The second-order valence-corrected chi connectivity index (χ2v) is 14.9. The summed E-state index contributed by atoms with van der Waals surface area (Å²) in [6.45, 7) is 0.664. The van der Waals surface area contributed by atoms with Crippen LogP contribution in [0.1, 0.15) is 42.1 Å². The number of benzene rings is 2. The number of aromatic nitrogens is 1. The van der Waals surface area contributed by atoms with E-state index in [1.165, 1.54) is 29.4 Å². The van der Waals surface area contributed by atoms with Crippen molar-refractivity contribution in [1.82, 2.24) is 19.5 Å². The molecule has 11 nitrogen and oxygen atoms in total. The molecule has 0 unspecified atom stereocenters. The molecule has 0 spiro atoms. The van der Waals surface area contributed by atoms with Gasteiger partial charge in [-0.15, -0.1) is 0 Å². The fourth-order valence-electron chi connectivity index (χ4n) is 6.16. The number of esters is 1. The molecule has 2 aliphatic heterocycles. The van der Waals surface area contributed by atoms with Crippen molar-refractivity contribution in [3.8, 4) is 0 Å². The zero-order chi connectivity index (χ0) is 37.1. The van der Waals surface area contributed by atoms with E-state index in [0.717, 1.165) is 4.31 Å². The van der Waals surface area contributed by atoms with Gasteiger partial charge in [0.25, 0.3) is 11.8 Å². The van der Waals surface area contributed by atoms with E-state index in [1.807, 2.05) is 0 Å². The Hall–Kier alpha value is -3.83. The number of likely N-dealkylation sites (tertiary alicyclic amines) is 1. The Balaban J connectivity index is 1.37.